The summed E-state index contributed by atoms with van der Waals surface area (Å²) in [6.45, 7) is 3.44. The summed E-state index contributed by atoms with van der Waals surface area (Å²) in [6.07, 6.45) is 3.49. The van der Waals surface area contributed by atoms with Crippen LogP contribution in [0.15, 0.2) is 12.4 Å². The van der Waals surface area contributed by atoms with E-state index in [9.17, 15) is 9.59 Å². The minimum absolute atomic E-state index is 0.0233. The van der Waals surface area contributed by atoms with Crippen molar-refractivity contribution in [1.82, 2.24) is 15.3 Å². The van der Waals surface area contributed by atoms with Crippen molar-refractivity contribution in [3.63, 3.8) is 0 Å². The van der Waals surface area contributed by atoms with E-state index in [0.29, 0.717) is 0 Å². The van der Waals surface area contributed by atoms with Gasteiger partial charge < -0.3 is 15.8 Å². The molecule has 0 aliphatic rings. The van der Waals surface area contributed by atoms with Crippen LogP contribution in [-0.2, 0) is 9.53 Å². The number of nitrogens with zero attached hydrogens (tertiary/aromatic N) is 2. The Morgan fingerprint density at radius 1 is 1.44 bits per heavy atom. The molecule has 3 N–H and O–H groups in total. The second-order valence-corrected chi connectivity index (χ2v) is 3.74. The van der Waals surface area contributed by atoms with Gasteiger partial charge >= 0.3 is 5.97 Å². The summed E-state index contributed by atoms with van der Waals surface area (Å²) in [6, 6.07) is 0.0396. The van der Waals surface area contributed by atoms with E-state index in [4.69, 9.17) is 10.5 Å². The zero-order valence-electron chi connectivity index (χ0n) is 10.3. The Labute approximate surface area is 105 Å². The molecule has 98 valence electrons. The largest absolute Gasteiger partial charge is 0.451 e. The van der Waals surface area contributed by atoms with Crippen molar-refractivity contribution >= 4 is 17.7 Å². The molecule has 1 aromatic heterocycles. The number of aromatic nitrogens is 2. The van der Waals surface area contributed by atoms with Gasteiger partial charge in [-0.25, -0.2) is 14.8 Å². The third-order valence-corrected chi connectivity index (χ3v) is 2.27. The van der Waals surface area contributed by atoms with Crippen LogP contribution in [0.5, 0.6) is 0 Å². The molecule has 7 nitrogen and oxygen atoms in total. The van der Waals surface area contributed by atoms with Crippen molar-refractivity contribution in [3.8, 4) is 0 Å². The molecule has 0 aromatic carbocycles. The van der Waals surface area contributed by atoms with E-state index >= 15 is 0 Å². The van der Waals surface area contributed by atoms with Crippen LogP contribution in [0.3, 0.4) is 0 Å². The molecule has 0 aliphatic carbocycles. The number of esters is 1. The molecule has 0 fully saturated rings. The highest BCUT2D eigenvalue weighted by Crippen LogP contribution is 2.04. The number of ether oxygens (including phenoxy) is 1. The summed E-state index contributed by atoms with van der Waals surface area (Å²) >= 11 is 0. The molecule has 1 amide bonds. The Hall–Kier alpha value is -2.18. The summed E-state index contributed by atoms with van der Waals surface area (Å²) in [4.78, 5) is 30.4. The molecule has 1 rings (SSSR count). The van der Waals surface area contributed by atoms with Crippen LogP contribution in [0, 0.1) is 0 Å². The van der Waals surface area contributed by atoms with Gasteiger partial charge in [-0.05, 0) is 13.3 Å². The molecule has 1 unspecified atom stereocenters. The lowest BCUT2D eigenvalue weighted by Gasteiger charge is -2.11. The number of nitrogens with two attached hydrogens (primary N) is 1. The van der Waals surface area contributed by atoms with Gasteiger partial charge in [0.05, 0.1) is 0 Å². The highest BCUT2D eigenvalue weighted by Gasteiger charge is 2.15. The summed E-state index contributed by atoms with van der Waals surface area (Å²) in [5.41, 5.74) is 5.37. The highest BCUT2D eigenvalue weighted by molar-refractivity contribution is 5.93. The summed E-state index contributed by atoms with van der Waals surface area (Å²) in [7, 11) is 0. The van der Waals surface area contributed by atoms with Crippen LogP contribution in [0.1, 0.15) is 30.8 Å². The quantitative estimate of drug-likeness (QED) is 0.721. The van der Waals surface area contributed by atoms with Crippen molar-refractivity contribution in [2.24, 2.45) is 0 Å². The van der Waals surface area contributed by atoms with Crippen molar-refractivity contribution < 1.29 is 14.3 Å². The third kappa shape index (κ3) is 4.00. The van der Waals surface area contributed by atoms with Crippen LogP contribution in [0.4, 0.5) is 5.82 Å². The van der Waals surface area contributed by atoms with Crippen LogP contribution in [-0.4, -0.2) is 34.5 Å². The maximum atomic E-state index is 11.5. The fourth-order valence-electron chi connectivity index (χ4n) is 1.12. The topological polar surface area (TPSA) is 107 Å². The number of rotatable bonds is 5. The molecular formula is C11H16N4O3. The summed E-state index contributed by atoms with van der Waals surface area (Å²) in [5, 5.41) is 2.67. The van der Waals surface area contributed by atoms with Crippen LogP contribution in [0.2, 0.25) is 0 Å². The molecule has 1 atom stereocenters. The molecule has 7 heteroatoms. The third-order valence-electron chi connectivity index (χ3n) is 2.27. The van der Waals surface area contributed by atoms with E-state index in [1.165, 1.54) is 12.4 Å². The molecule has 0 radical (unpaired) electrons. The molecule has 0 spiro atoms. The van der Waals surface area contributed by atoms with Crippen LogP contribution >= 0.6 is 0 Å². The average Bonchev–Trinajstić information content (AvgIpc) is 2.36. The Kier molecular flexibility index (Phi) is 5.04. The Morgan fingerprint density at radius 3 is 2.72 bits per heavy atom. The zero-order chi connectivity index (χ0) is 13.5. The molecule has 1 heterocycles. The predicted molar refractivity (Wildman–Crippen MR) is 64.6 cm³/mol. The molecule has 0 aliphatic heterocycles. The Balaban J connectivity index is 2.47. The minimum Gasteiger partial charge on any atom is -0.451 e. The van der Waals surface area contributed by atoms with Gasteiger partial charge in [-0.3, -0.25) is 4.79 Å². The van der Waals surface area contributed by atoms with Gasteiger partial charge in [0.1, 0.15) is 0 Å². The van der Waals surface area contributed by atoms with Crippen molar-refractivity contribution in [3.05, 3.63) is 18.1 Å². The Morgan fingerprint density at radius 2 is 2.11 bits per heavy atom. The number of amides is 1. The summed E-state index contributed by atoms with van der Waals surface area (Å²) in [5.74, 6) is -1.15. The standard InChI is InChI=1S/C11H16N4O3/c1-3-7(2)15-8(16)6-18-11(17)9-10(12)14-5-4-13-9/h4-5,7H,3,6H2,1-2H3,(H2,12,14)(H,15,16). The fourth-order valence-corrected chi connectivity index (χ4v) is 1.12. The number of anilines is 1. The number of hydrogen-bond donors (Lipinski definition) is 2. The number of nitrogen functional groups attached to an aromatic ring is 1. The predicted octanol–water partition coefficient (Wildman–Crippen LogP) is 0.130. The van der Waals surface area contributed by atoms with E-state index in [2.05, 4.69) is 15.3 Å². The molecule has 1 aromatic rings. The van der Waals surface area contributed by atoms with Crippen molar-refractivity contribution in [2.75, 3.05) is 12.3 Å². The first kappa shape index (κ1) is 13.9. The lowest BCUT2D eigenvalue weighted by atomic mass is 10.2. The van der Waals surface area contributed by atoms with E-state index in [1.807, 2.05) is 13.8 Å². The molecule has 18 heavy (non-hydrogen) atoms. The summed E-state index contributed by atoms with van der Waals surface area (Å²) < 4.78 is 4.78. The second-order valence-electron chi connectivity index (χ2n) is 3.74. The van der Waals surface area contributed by atoms with Crippen LogP contribution in [0.25, 0.3) is 0 Å². The molecule has 0 bridgehead atoms. The van der Waals surface area contributed by atoms with Crippen molar-refractivity contribution in [2.45, 2.75) is 26.3 Å². The monoisotopic (exact) mass is 252 g/mol. The lowest BCUT2D eigenvalue weighted by molar-refractivity contribution is -0.124. The van der Waals surface area contributed by atoms with Gasteiger partial charge in [0.15, 0.2) is 18.1 Å². The van der Waals surface area contributed by atoms with Gasteiger partial charge in [-0.1, -0.05) is 6.92 Å². The molecular weight excluding hydrogens is 236 g/mol. The lowest BCUT2D eigenvalue weighted by Crippen LogP contribution is -2.35. The number of carbonyl (C=O) groups excluding carboxylic acids is 2. The SMILES string of the molecule is CCC(C)NC(=O)COC(=O)c1nccnc1N. The van der Waals surface area contributed by atoms with Gasteiger partial charge in [-0.2, -0.15) is 0 Å². The Bertz CT molecular complexity index is 436. The first-order chi connectivity index (χ1) is 8.54. The van der Waals surface area contributed by atoms with E-state index in [-0.39, 0.29) is 30.1 Å². The van der Waals surface area contributed by atoms with Crippen molar-refractivity contribution in [1.29, 1.82) is 0 Å². The second kappa shape index (κ2) is 6.53. The molecule has 0 saturated heterocycles. The van der Waals surface area contributed by atoms with Crippen LogP contribution < -0.4 is 11.1 Å². The van der Waals surface area contributed by atoms with Gasteiger partial charge in [0, 0.05) is 18.4 Å². The molecule has 0 saturated carbocycles. The maximum Gasteiger partial charge on any atom is 0.361 e. The first-order valence-corrected chi connectivity index (χ1v) is 5.57. The smallest absolute Gasteiger partial charge is 0.361 e. The highest BCUT2D eigenvalue weighted by atomic mass is 16.5. The van der Waals surface area contributed by atoms with Gasteiger partial charge in [0.2, 0.25) is 0 Å². The van der Waals surface area contributed by atoms with E-state index in [1.54, 1.807) is 0 Å². The number of nitrogens with one attached hydrogen (secondary N) is 1. The minimum atomic E-state index is -0.764. The van der Waals surface area contributed by atoms with E-state index in [0.717, 1.165) is 6.42 Å². The maximum absolute atomic E-state index is 11.5. The normalized spacial score (nSPS) is 11.7. The number of hydrogen-bond acceptors (Lipinski definition) is 6. The number of carbonyl (C=O) groups is 2. The average molecular weight is 252 g/mol. The first-order valence-electron chi connectivity index (χ1n) is 5.57. The van der Waals surface area contributed by atoms with E-state index < -0.39 is 5.97 Å². The van der Waals surface area contributed by atoms with Gasteiger partial charge in [-0.15, -0.1) is 0 Å². The van der Waals surface area contributed by atoms with Gasteiger partial charge in [0.25, 0.3) is 5.91 Å². The zero-order valence-corrected chi connectivity index (χ0v) is 10.3. The fraction of sp³-hybridized carbons (Fsp3) is 0.455.